The molecule has 2 unspecified atom stereocenters. The summed E-state index contributed by atoms with van der Waals surface area (Å²) in [5.41, 5.74) is 2.63. The molecule has 2 amide bonds. The molecule has 0 heterocycles. The molecule has 0 fully saturated rings. The van der Waals surface area contributed by atoms with Crippen molar-refractivity contribution in [3.05, 3.63) is 69.2 Å². The lowest BCUT2D eigenvalue weighted by atomic mass is 10.0. The van der Waals surface area contributed by atoms with E-state index >= 15 is 0 Å². The van der Waals surface area contributed by atoms with Crippen molar-refractivity contribution >= 4 is 35.0 Å². The molecule has 1 N–H and O–H groups in total. The van der Waals surface area contributed by atoms with Gasteiger partial charge in [0.2, 0.25) is 11.8 Å². The molecule has 2 rings (SSSR count). The van der Waals surface area contributed by atoms with Crippen molar-refractivity contribution in [2.24, 2.45) is 0 Å². The Kier molecular flexibility index (Phi) is 9.19. The van der Waals surface area contributed by atoms with Crippen molar-refractivity contribution in [1.82, 2.24) is 10.2 Å². The van der Waals surface area contributed by atoms with Gasteiger partial charge in [0.05, 0.1) is 6.42 Å². The number of nitrogens with zero attached hydrogens (tertiary/aromatic N) is 1. The molecule has 0 aliphatic rings. The third-order valence-electron chi connectivity index (χ3n) is 5.38. The number of halogens is 2. The van der Waals surface area contributed by atoms with Crippen molar-refractivity contribution in [2.75, 3.05) is 0 Å². The highest BCUT2D eigenvalue weighted by Gasteiger charge is 2.30. The van der Waals surface area contributed by atoms with Crippen molar-refractivity contribution in [3.8, 4) is 0 Å². The predicted molar refractivity (Wildman–Crippen MR) is 124 cm³/mol. The van der Waals surface area contributed by atoms with Crippen LogP contribution in [0.25, 0.3) is 0 Å². The molecule has 0 aliphatic carbocycles. The molecule has 162 valence electrons. The number of nitrogens with one attached hydrogen (secondary N) is 1. The van der Waals surface area contributed by atoms with Crippen LogP contribution in [0.2, 0.25) is 10.0 Å². The van der Waals surface area contributed by atoms with Crippen LogP contribution in [-0.2, 0) is 22.6 Å². The van der Waals surface area contributed by atoms with Crippen molar-refractivity contribution in [2.45, 2.75) is 65.6 Å². The van der Waals surface area contributed by atoms with Crippen LogP contribution in [0.5, 0.6) is 0 Å². The Morgan fingerprint density at radius 2 is 1.63 bits per heavy atom. The van der Waals surface area contributed by atoms with Gasteiger partial charge in [-0.05, 0) is 49.9 Å². The molecule has 2 aromatic carbocycles. The maximum absolute atomic E-state index is 13.4. The summed E-state index contributed by atoms with van der Waals surface area (Å²) in [5.74, 6) is -0.292. The molecule has 0 aliphatic heterocycles. The van der Waals surface area contributed by atoms with E-state index in [-0.39, 0.29) is 30.8 Å². The summed E-state index contributed by atoms with van der Waals surface area (Å²) in [6.07, 6.45) is 1.52. The van der Waals surface area contributed by atoms with Crippen LogP contribution in [0.3, 0.4) is 0 Å². The summed E-state index contributed by atoms with van der Waals surface area (Å²) < 4.78 is 0. The first kappa shape index (κ1) is 24.2. The van der Waals surface area contributed by atoms with E-state index in [1.54, 1.807) is 23.1 Å². The van der Waals surface area contributed by atoms with Gasteiger partial charge in [-0.15, -0.1) is 0 Å². The molecule has 2 aromatic rings. The highest BCUT2D eigenvalue weighted by molar-refractivity contribution is 6.36. The summed E-state index contributed by atoms with van der Waals surface area (Å²) in [6.45, 7) is 8.02. The van der Waals surface area contributed by atoms with E-state index in [1.165, 1.54) is 0 Å². The highest BCUT2D eigenvalue weighted by atomic mass is 35.5. The second-order valence-electron chi connectivity index (χ2n) is 7.57. The van der Waals surface area contributed by atoms with Crippen LogP contribution >= 0.6 is 23.2 Å². The van der Waals surface area contributed by atoms with E-state index in [4.69, 9.17) is 23.2 Å². The quantitative estimate of drug-likeness (QED) is 0.545. The van der Waals surface area contributed by atoms with Crippen LogP contribution in [0.15, 0.2) is 42.5 Å². The Morgan fingerprint density at radius 1 is 1.00 bits per heavy atom. The van der Waals surface area contributed by atoms with Crippen LogP contribution in [-0.4, -0.2) is 28.8 Å². The second kappa shape index (κ2) is 11.4. The molecule has 30 heavy (non-hydrogen) atoms. The van der Waals surface area contributed by atoms with E-state index in [2.05, 4.69) is 5.32 Å². The zero-order chi connectivity index (χ0) is 22.3. The van der Waals surface area contributed by atoms with Crippen molar-refractivity contribution in [3.63, 3.8) is 0 Å². The van der Waals surface area contributed by atoms with E-state index < -0.39 is 6.04 Å². The largest absolute Gasteiger partial charge is 0.352 e. The van der Waals surface area contributed by atoms with Gasteiger partial charge in [0.15, 0.2) is 0 Å². The zero-order valence-corrected chi connectivity index (χ0v) is 19.6. The third kappa shape index (κ3) is 6.23. The summed E-state index contributed by atoms with van der Waals surface area (Å²) >= 11 is 12.7. The van der Waals surface area contributed by atoms with Gasteiger partial charge in [-0.3, -0.25) is 9.59 Å². The van der Waals surface area contributed by atoms with Gasteiger partial charge in [0, 0.05) is 28.2 Å². The number of aryl methyl sites for hydroxylation is 1. The Balaban J connectivity index is 2.38. The molecule has 0 aromatic heterocycles. The summed E-state index contributed by atoms with van der Waals surface area (Å²) in [5, 5.41) is 3.97. The van der Waals surface area contributed by atoms with Crippen molar-refractivity contribution in [1.29, 1.82) is 0 Å². The van der Waals surface area contributed by atoms with Gasteiger partial charge < -0.3 is 10.2 Å². The molecular formula is C24H30Cl2N2O2. The number of carbonyl (C=O) groups is 2. The molecule has 0 radical (unpaired) electrons. The van der Waals surface area contributed by atoms with Crippen LogP contribution in [0.4, 0.5) is 0 Å². The number of amides is 2. The average molecular weight is 449 g/mol. The number of rotatable bonds is 9. The Morgan fingerprint density at radius 3 is 2.20 bits per heavy atom. The number of hydrogen-bond donors (Lipinski definition) is 1. The minimum absolute atomic E-state index is 0.0313. The zero-order valence-electron chi connectivity index (χ0n) is 18.0. The average Bonchev–Trinajstić information content (AvgIpc) is 2.71. The first-order valence-electron chi connectivity index (χ1n) is 10.4. The summed E-state index contributed by atoms with van der Waals surface area (Å²) in [4.78, 5) is 28.0. The van der Waals surface area contributed by atoms with E-state index in [9.17, 15) is 9.59 Å². The summed E-state index contributed by atoms with van der Waals surface area (Å²) in [6, 6.07) is 12.4. The molecule has 0 spiro atoms. The van der Waals surface area contributed by atoms with Crippen LogP contribution in [0, 0.1) is 6.92 Å². The van der Waals surface area contributed by atoms with Gasteiger partial charge in [-0.2, -0.15) is 0 Å². The minimum Gasteiger partial charge on any atom is -0.352 e. The maximum atomic E-state index is 13.4. The molecule has 6 heteroatoms. The highest BCUT2D eigenvalue weighted by Crippen LogP contribution is 2.27. The number of hydrogen-bond acceptors (Lipinski definition) is 2. The van der Waals surface area contributed by atoms with Crippen LogP contribution in [0.1, 0.15) is 50.3 Å². The topological polar surface area (TPSA) is 49.4 Å². The molecular weight excluding hydrogens is 419 g/mol. The van der Waals surface area contributed by atoms with Gasteiger partial charge in [0.1, 0.15) is 6.04 Å². The SMILES string of the molecule is CCC(C)NC(=O)C(CC)N(Cc1c(Cl)cccc1Cl)C(=O)Cc1ccccc1C. The predicted octanol–water partition coefficient (Wildman–Crippen LogP) is 5.57. The number of benzene rings is 2. The fourth-order valence-corrected chi connectivity index (χ4v) is 3.80. The lowest BCUT2D eigenvalue weighted by molar-refractivity contribution is -0.141. The molecule has 2 atom stereocenters. The maximum Gasteiger partial charge on any atom is 0.243 e. The molecule has 0 bridgehead atoms. The van der Waals surface area contributed by atoms with Gasteiger partial charge in [-0.25, -0.2) is 0 Å². The Bertz CT molecular complexity index is 865. The normalized spacial score (nSPS) is 12.9. The first-order chi connectivity index (χ1) is 14.3. The van der Waals surface area contributed by atoms with E-state index in [0.29, 0.717) is 22.0 Å². The van der Waals surface area contributed by atoms with Gasteiger partial charge in [-0.1, -0.05) is 67.4 Å². The fraction of sp³-hybridized carbons (Fsp3) is 0.417. The lowest BCUT2D eigenvalue weighted by Crippen LogP contribution is -2.51. The molecule has 0 saturated heterocycles. The van der Waals surface area contributed by atoms with E-state index in [1.807, 2.05) is 52.0 Å². The monoisotopic (exact) mass is 448 g/mol. The molecule has 4 nitrogen and oxygen atoms in total. The summed E-state index contributed by atoms with van der Waals surface area (Å²) in [7, 11) is 0. The smallest absolute Gasteiger partial charge is 0.243 e. The van der Waals surface area contributed by atoms with E-state index in [0.717, 1.165) is 17.5 Å². The molecule has 0 saturated carbocycles. The lowest BCUT2D eigenvalue weighted by Gasteiger charge is -2.32. The Hall–Kier alpha value is -2.04. The minimum atomic E-state index is -0.608. The number of carbonyl (C=O) groups excluding carboxylic acids is 2. The van der Waals surface area contributed by atoms with Crippen molar-refractivity contribution < 1.29 is 9.59 Å². The third-order valence-corrected chi connectivity index (χ3v) is 6.09. The standard InChI is InChI=1S/C24H30Cl2N2O2/c1-5-17(4)27-24(30)22(6-2)28(15-19-20(25)12-9-13-21(19)26)23(29)14-18-11-8-7-10-16(18)3/h7-13,17,22H,5-6,14-15H2,1-4H3,(H,27,30). The first-order valence-corrected chi connectivity index (χ1v) is 11.1. The second-order valence-corrected chi connectivity index (χ2v) is 8.38. The Labute approximate surface area is 189 Å². The van der Waals surface area contributed by atoms with Gasteiger partial charge in [0.25, 0.3) is 0 Å². The van der Waals surface area contributed by atoms with Gasteiger partial charge >= 0.3 is 0 Å². The van der Waals surface area contributed by atoms with Crippen LogP contribution < -0.4 is 5.32 Å². The fourth-order valence-electron chi connectivity index (χ4n) is 3.29.